The molecule has 0 aromatic heterocycles. The number of hydrogen-bond donors (Lipinski definition) is 2. The lowest BCUT2D eigenvalue weighted by Crippen LogP contribution is -2.42. The molecule has 4 nitrogen and oxygen atoms in total. The van der Waals surface area contributed by atoms with Crippen LogP contribution in [-0.2, 0) is 9.59 Å². The first-order valence-electron chi connectivity index (χ1n) is 6.26. The molecule has 2 N–H and O–H groups in total. The van der Waals surface area contributed by atoms with Crippen LogP contribution in [0.3, 0.4) is 0 Å². The molecule has 0 unspecified atom stereocenters. The zero-order chi connectivity index (χ0) is 14.4. The number of rotatable bonds is 3. The number of carboxylic acid groups (broad SMARTS) is 1. The third kappa shape index (κ3) is 2.06. The number of aliphatic hydroxyl groups is 1. The van der Waals surface area contributed by atoms with Crippen molar-refractivity contribution in [3.63, 3.8) is 0 Å². The van der Waals surface area contributed by atoms with Crippen LogP contribution in [0.5, 0.6) is 0 Å². The minimum absolute atomic E-state index is 0.0795. The van der Waals surface area contributed by atoms with Gasteiger partial charge < -0.3 is 10.2 Å². The maximum atomic E-state index is 11.7. The van der Waals surface area contributed by atoms with Crippen LogP contribution in [0.1, 0.15) is 27.2 Å². The molecule has 0 bridgehead atoms. The molecule has 1 saturated carbocycles. The van der Waals surface area contributed by atoms with Crippen molar-refractivity contribution in [3.8, 4) is 0 Å². The number of hydrogen-bond acceptors (Lipinski definition) is 3. The summed E-state index contributed by atoms with van der Waals surface area (Å²) in [5.41, 5.74) is -0.457. The number of carbonyl (C=O) groups excluding carboxylic acids is 1. The largest absolute Gasteiger partial charge is 0.478 e. The van der Waals surface area contributed by atoms with E-state index >= 15 is 0 Å². The highest BCUT2D eigenvalue weighted by atomic mass is 16.4. The van der Waals surface area contributed by atoms with Gasteiger partial charge in [-0.1, -0.05) is 13.0 Å². The van der Waals surface area contributed by atoms with E-state index in [0.717, 1.165) is 6.08 Å². The summed E-state index contributed by atoms with van der Waals surface area (Å²) in [6.07, 6.45) is 6.46. The lowest BCUT2D eigenvalue weighted by Gasteiger charge is -2.36. The molecule has 102 valence electrons. The van der Waals surface area contributed by atoms with Gasteiger partial charge in [-0.05, 0) is 43.6 Å². The molecule has 3 atom stereocenters. The fraction of sp³-hybridized carbons (Fsp3) is 0.467. The summed E-state index contributed by atoms with van der Waals surface area (Å²) >= 11 is 0. The first-order valence-corrected chi connectivity index (χ1v) is 6.26. The topological polar surface area (TPSA) is 74.6 Å². The molecule has 1 fully saturated rings. The fourth-order valence-corrected chi connectivity index (χ4v) is 2.89. The Balaban J connectivity index is 2.33. The molecule has 0 spiro atoms. The van der Waals surface area contributed by atoms with Gasteiger partial charge in [-0.2, -0.15) is 0 Å². The molecule has 0 aromatic carbocycles. The maximum Gasteiger partial charge on any atom is 0.328 e. The second-order valence-corrected chi connectivity index (χ2v) is 5.73. The Morgan fingerprint density at radius 2 is 2.16 bits per heavy atom. The maximum absolute atomic E-state index is 11.7. The highest BCUT2D eigenvalue weighted by Gasteiger charge is 2.67. The molecule has 2 aliphatic carbocycles. The zero-order valence-corrected chi connectivity index (χ0v) is 11.3. The Kier molecular flexibility index (Phi) is 3.01. The van der Waals surface area contributed by atoms with Gasteiger partial charge in [-0.15, -0.1) is 0 Å². The van der Waals surface area contributed by atoms with Crippen LogP contribution in [0.4, 0.5) is 0 Å². The first kappa shape index (κ1) is 13.7. The summed E-state index contributed by atoms with van der Waals surface area (Å²) in [7, 11) is 0. The minimum Gasteiger partial charge on any atom is -0.478 e. The van der Waals surface area contributed by atoms with Crippen LogP contribution in [0, 0.1) is 11.3 Å². The monoisotopic (exact) mass is 262 g/mol. The molecule has 19 heavy (non-hydrogen) atoms. The molecule has 0 saturated heterocycles. The first-order chi connectivity index (χ1) is 8.70. The van der Waals surface area contributed by atoms with Gasteiger partial charge in [-0.25, -0.2) is 4.79 Å². The molecule has 0 aromatic rings. The van der Waals surface area contributed by atoms with Crippen LogP contribution in [0.15, 0.2) is 35.5 Å². The van der Waals surface area contributed by atoms with E-state index in [0.29, 0.717) is 17.6 Å². The van der Waals surface area contributed by atoms with Gasteiger partial charge in [0.15, 0.2) is 5.78 Å². The third-order valence-electron chi connectivity index (χ3n) is 4.35. The van der Waals surface area contributed by atoms with Crippen molar-refractivity contribution < 1.29 is 19.8 Å². The average Bonchev–Trinajstić information content (AvgIpc) is 2.98. The summed E-state index contributed by atoms with van der Waals surface area (Å²) in [5.74, 6) is -1.05. The van der Waals surface area contributed by atoms with Crippen molar-refractivity contribution >= 4 is 11.8 Å². The third-order valence-corrected chi connectivity index (χ3v) is 4.35. The van der Waals surface area contributed by atoms with Crippen molar-refractivity contribution in [1.29, 1.82) is 0 Å². The fourth-order valence-electron chi connectivity index (χ4n) is 2.89. The number of ketones is 1. The Morgan fingerprint density at radius 3 is 2.74 bits per heavy atom. The number of carbonyl (C=O) groups is 2. The van der Waals surface area contributed by atoms with Crippen molar-refractivity contribution in [2.24, 2.45) is 11.3 Å². The minimum atomic E-state index is -1.17. The van der Waals surface area contributed by atoms with E-state index in [2.05, 4.69) is 0 Å². The van der Waals surface area contributed by atoms with Gasteiger partial charge in [0.2, 0.25) is 0 Å². The molecule has 2 aliphatic rings. The van der Waals surface area contributed by atoms with Crippen LogP contribution >= 0.6 is 0 Å². The predicted molar refractivity (Wildman–Crippen MR) is 70.5 cm³/mol. The van der Waals surface area contributed by atoms with Gasteiger partial charge >= 0.3 is 5.97 Å². The van der Waals surface area contributed by atoms with E-state index in [1.807, 2.05) is 6.92 Å². The number of fused-ring (bicyclic) bond motifs is 1. The number of carboxylic acids is 1. The molecular formula is C15H18O4. The number of allylic oxidation sites excluding steroid dienone is 3. The van der Waals surface area contributed by atoms with Crippen molar-refractivity contribution in [3.05, 3.63) is 35.5 Å². The highest BCUT2D eigenvalue weighted by molar-refractivity contribution is 5.97. The molecular weight excluding hydrogens is 244 g/mol. The van der Waals surface area contributed by atoms with E-state index in [1.165, 1.54) is 6.08 Å². The quantitative estimate of drug-likeness (QED) is 0.601. The zero-order valence-electron chi connectivity index (χ0n) is 11.3. The molecule has 4 heteroatoms. The summed E-state index contributed by atoms with van der Waals surface area (Å²) < 4.78 is 0. The van der Waals surface area contributed by atoms with Crippen LogP contribution < -0.4 is 0 Å². The SMILES string of the molecule is CC1=CC(=O)[C@@H]2C[C@]2(C)[C@@]1(O)/C=C/C(C)=C\C(=O)O. The van der Waals surface area contributed by atoms with Gasteiger partial charge in [0, 0.05) is 17.4 Å². The molecule has 0 amide bonds. The normalized spacial score (nSPS) is 38.1. The lowest BCUT2D eigenvalue weighted by molar-refractivity contribution is -0.131. The van der Waals surface area contributed by atoms with E-state index in [1.54, 1.807) is 26.0 Å². The summed E-state index contributed by atoms with van der Waals surface area (Å²) in [6, 6.07) is 0. The standard InChI is InChI=1S/C15H18O4/c1-9(6-13(17)18)4-5-15(19)10(2)7-12(16)11-8-14(11,15)3/h4-7,11,19H,8H2,1-3H3,(H,17,18)/b5-4+,9-6-/t11-,14-,15+/m0/s1. The average molecular weight is 262 g/mol. The van der Waals surface area contributed by atoms with Gasteiger partial charge in [0.05, 0.1) is 0 Å². The second kappa shape index (κ2) is 4.17. The van der Waals surface area contributed by atoms with Crippen LogP contribution in [-0.4, -0.2) is 27.6 Å². The molecule has 0 heterocycles. The van der Waals surface area contributed by atoms with Crippen LogP contribution in [0.25, 0.3) is 0 Å². The van der Waals surface area contributed by atoms with Gasteiger partial charge in [0.25, 0.3) is 0 Å². The van der Waals surface area contributed by atoms with E-state index < -0.39 is 17.0 Å². The Labute approximate surface area is 112 Å². The van der Waals surface area contributed by atoms with Gasteiger partial charge in [-0.3, -0.25) is 4.79 Å². The van der Waals surface area contributed by atoms with Crippen LogP contribution in [0.2, 0.25) is 0 Å². The van der Waals surface area contributed by atoms with Gasteiger partial charge in [0.1, 0.15) is 5.60 Å². The molecule has 2 rings (SSSR count). The second-order valence-electron chi connectivity index (χ2n) is 5.73. The summed E-state index contributed by atoms with van der Waals surface area (Å²) in [5, 5.41) is 19.5. The van der Waals surface area contributed by atoms with Crippen molar-refractivity contribution in [1.82, 2.24) is 0 Å². The van der Waals surface area contributed by atoms with E-state index in [-0.39, 0.29) is 11.7 Å². The lowest BCUT2D eigenvalue weighted by atomic mass is 9.73. The Bertz CT molecular complexity index is 540. The summed E-state index contributed by atoms with van der Waals surface area (Å²) in [6.45, 7) is 5.29. The summed E-state index contributed by atoms with van der Waals surface area (Å²) in [4.78, 5) is 22.3. The van der Waals surface area contributed by atoms with Crippen molar-refractivity contribution in [2.75, 3.05) is 0 Å². The highest BCUT2D eigenvalue weighted by Crippen LogP contribution is 2.64. The molecule has 0 radical (unpaired) electrons. The number of aliphatic carboxylic acids is 1. The predicted octanol–water partition coefficient (Wildman–Crippen LogP) is 1.86. The van der Waals surface area contributed by atoms with Crippen molar-refractivity contribution in [2.45, 2.75) is 32.8 Å². The Hall–Kier alpha value is -1.68. The van der Waals surface area contributed by atoms with E-state index in [4.69, 9.17) is 5.11 Å². The van der Waals surface area contributed by atoms with E-state index in [9.17, 15) is 14.7 Å². The Morgan fingerprint density at radius 1 is 1.53 bits per heavy atom. The smallest absolute Gasteiger partial charge is 0.328 e. The molecule has 0 aliphatic heterocycles.